The van der Waals surface area contributed by atoms with Crippen molar-refractivity contribution in [3.63, 3.8) is 0 Å². The van der Waals surface area contributed by atoms with E-state index in [0.717, 1.165) is 18.4 Å². The first-order chi connectivity index (χ1) is 10.6. The lowest BCUT2D eigenvalue weighted by Crippen LogP contribution is -2.20. The van der Waals surface area contributed by atoms with E-state index in [1.165, 1.54) is 19.3 Å². The standard InChI is InChI=1S/C16H19N3O3/c1-19-16(17-13-5-3-2-4-6-13)22-14(18-19)11-7-9-12(10-8-11)15(20)21/h7-10,13H,2-6H2,1H3,(H,20,21). The summed E-state index contributed by atoms with van der Waals surface area (Å²) in [7, 11) is 1.81. The van der Waals surface area contributed by atoms with Gasteiger partial charge >= 0.3 is 11.7 Å². The highest BCUT2D eigenvalue weighted by Crippen LogP contribution is 2.20. The predicted molar refractivity (Wildman–Crippen MR) is 80.3 cm³/mol. The van der Waals surface area contributed by atoms with Crippen molar-refractivity contribution in [3.8, 4) is 11.5 Å². The average Bonchev–Trinajstić information content (AvgIpc) is 2.89. The molecule has 0 bridgehead atoms. The molecule has 6 nitrogen and oxygen atoms in total. The van der Waals surface area contributed by atoms with Gasteiger partial charge in [0.2, 0.25) is 5.89 Å². The molecule has 1 aromatic heterocycles. The van der Waals surface area contributed by atoms with Crippen molar-refractivity contribution in [2.45, 2.75) is 38.1 Å². The molecule has 1 saturated carbocycles. The summed E-state index contributed by atoms with van der Waals surface area (Å²) in [6, 6.07) is 6.79. The van der Waals surface area contributed by atoms with Gasteiger partial charge in [0.25, 0.3) is 0 Å². The second-order valence-electron chi connectivity index (χ2n) is 5.62. The summed E-state index contributed by atoms with van der Waals surface area (Å²) in [5.41, 5.74) is 1.50. The van der Waals surface area contributed by atoms with E-state index in [1.54, 1.807) is 36.0 Å². The van der Waals surface area contributed by atoms with Crippen LogP contribution >= 0.6 is 0 Å². The number of rotatable bonds is 3. The summed E-state index contributed by atoms with van der Waals surface area (Å²) < 4.78 is 7.38. The average molecular weight is 301 g/mol. The molecule has 116 valence electrons. The Hall–Kier alpha value is -2.37. The van der Waals surface area contributed by atoms with Gasteiger partial charge in [-0.1, -0.05) is 19.3 Å². The zero-order chi connectivity index (χ0) is 15.5. The molecule has 1 heterocycles. The summed E-state index contributed by atoms with van der Waals surface area (Å²) >= 11 is 0. The van der Waals surface area contributed by atoms with Gasteiger partial charge < -0.3 is 9.52 Å². The van der Waals surface area contributed by atoms with Gasteiger partial charge in [0.15, 0.2) is 0 Å². The van der Waals surface area contributed by atoms with Crippen molar-refractivity contribution in [2.75, 3.05) is 0 Å². The Morgan fingerprint density at radius 1 is 1.27 bits per heavy atom. The molecule has 0 radical (unpaired) electrons. The summed E-state index contributed by atoms with van der Waals surface area (Å²) in [6.45, 7) is 0. The van der Waals surface area contributed by atoms with E-state index in [0.29, 0.717) is 17.6 Å². The van der Waals surface area contributed by atoms with Crippen LogP contribution in [-0.2, 0) is 7.05 Å². The fraction of sp³-hybridized carbons (Fsp3) is 0.438. The van der Waals surface area contributed by atoms with Gasteiger partial charge in [-0.3, -0.25) is 0 Å². The lowest BCUT2D eigenvalue weighted by Gasteiger charge is -2.16. The van der Waals surface area contributed by atoms with Gasteiger partial charge in [-0.25, -0.2) is 14.5 Å². The van der Waals surface area contributed by atoms with Crippen LogP contribution < -0.4 is 5.68 Å². The number of aromatic carboxylic acids is 1. The normalized spacial score (nSPS) is 16.9. The quantitative estimate of drug-likeness (QED) is 0.945. The van der Waals surface area contributed by atoms with Crippen molar-refractivity contribution in [2.24, 2.45) is 12.0 Å². The lowest BCUT2D eigenvalue weighted by atomic mass is 9.96. The molecule has 0 atom stereocenters. The summed E-state index contributed by atoms with van der Waals surface area (Å²) in [4.78, 5) is 15.5. The molecule has 1 aliphatic rings. The number of aromatic nitrogens is 2. The van der Waals surface area contributed by atoms with Crippen LogP contribution in [-0.4, -0.2) is 26.9 Å². The number of carbonyl (C=O) groups is 1. The maximum atomic E-state index is 10.9. The fourth-order valence-electron chi connectivity index (χ4n) is 2.70. The molecular formula is C16H19N3O3. The van der Waals surface area contributed by atoms with E-state index in [-0.39, 0.29) is 5.56 Å². The van der Waals surface area contributed by atoms with Crippen molar-refractivity contribution < 1.29 is 14.3 Å². The number of carboxylic acid groups (broad SMARTS) is 1. The topological polar surface area (TPSA) is 80.6 Å². The molecule has 0 saturated heterocycles. The second kappa shape index (κ2) is 6.17. The largest absolute Gasteiger partial charge is 0.478 e. The highest BCUT2D eigenvalue weighted by atomic mass is 16.4. The van der Waals surface area contributed by atoms with Crippen LogP contribution in [0.4, 0.5) is 0 Å². The van der Waals surface area contributed by atoms with Crippen LogP contribution in [0.2, 0.25) is 0 Å². The minimum atomic E-state index is -0.947. The van der Waals surface area contributed by atoms with Gasteiger partial charge in [0.05, 0.1) is 11.6 Å². The Bertz CT molecular complexity index is 722. The van der Waals surface area contributed by atoms with E-state index >= 15 is 0 Å². The van der Waals surface area contributed by atoms with E-state index in [2.05, 4.69) is 10.1 Å². The summed E-state index contributed by atoms with van der Waals surface area (Å²) in [6.07, 6.45) is 5.92. The van der Waals surface area contributed by atoms with E-state index in [9.17, 15) is 4.79 Å². The molecule has 0 amide bonds. The molecule has 1 aromatic carbocycles. The van der Waals surface area contributed by atoms with Gasteiger partial charge in [0, 0.05) is 12.6 Å². The van der Waals surface area contributed by atoms with Crippen LogP contribution in [0.25, 0.3) is 11.5 Å². The van der Waals surface area contributed by atoms with Crippen LogP contribution in [0.3, 0.4) is 0 Å². The first-order valence-electron chi connectivity index (χ1n) is 7.55. The Morgan fingerprint density at radius 2 is 1.95 bits per heavy atom. The first-order valence-corrected chi connectivity index (χ1v) is 7.55. The Morgan fingerprint density at radius 3 is 2.59 bits per heavy atom. The smallest absolute Gasteiger partial charge is 0.335 e. The molecule has 3 rings (SSSR count). The van der Waals surface area contributed by atoms with Gasteiger partial charge in [0.1, 0.15) is 0 Å². The third-order valence-electron chi connectivity index (χ3n) is 3.95. The zero-order valence-corrected chi connectivity index (χ0v) is 12.5. The summed E-state index contributed by atoms with van der Waals surface area (Å²) in [5.74, 6) is -0.494. The third kappa shape index (κ3) is 3.10. The fourth-order valence-corrected chi connectivity index (χ4v) is 2.70. The predicted octanol–water partition coefficient (Wildman–Crippen LogP) is 2.61. The van der Waals surface area contributed by atoms with Crippen molar-refractivity contribution >= 4 is 5.97 Å². The molecule has 0 spiro atoms. The highest BCUT2D eigenvalue weighted by Gasteiger charge is 2.14. The van der Waals surface area contributed by atoms with E-state index in [1.807, 2.05) is 0 Å². The van der Waals surface area contributed by atoms with Gasteiger partial charge in [-0.05, 0) is 37.1 Å². The van der Waals surface area contributed by atoms with Crippen LogP contribution in [0.15, 0.2) is 33.7 Å². The maximum absolute atomic E-state index is 10.9. The van der Waals surface area contributed by atoms with Crippen LogP contribution in [0.1, 0.15) is 42.5 Å². The molecular weight excluding hydrogens is 282 g/mol. The van der Waals surface area contributed by atoms with Crippen molar-refractivity contribution in [1.82, 2.24) is 9.78 Å². The monoisotopic (exact) mass is 301 g/mol. The molecule has 22 heavy (non-hydrogen) atoms. The zero-order valence-electron chi connectivity index (χ0n) is 12.5. The maximum Gasteiger partial charge on any atom is 0.335 e. The number of benzene rings is 1. The molecule has 1 aliphatic carbocycles. The second-order valence-corrected chi connectivity index (χ2v) is 5.62. The molecule has 0 unspecified atom stereocenters. The minimum Gasteiger partial charge on any atom is -0.478 e. The first kappa shape index (κ1) is 14.6. The van der Waals surface area contributed by atoms with E-state index in [4.69, 9.17) is 9.52 Å². The number of carboxylic acids is 1. The van der Waals surface area contributed by atoms with Crippen LogP contribution in [0, 0.1) is 0 Å². The lowest BCUT2D eigenvalue weighted by molar-refractivity contribution is 0.0697. The van der Waals surface area contributed by atoms with E-state index < -0.39 is 5.97 Å². The Labute approximate surface area is 128 Å². The molecule has 0 aliphatic heterocycles. The third-order valence-corrected chi connectivity index (χ3v) is 3.95. The van der Waals surface area contributed by atoms with Gasteiger partial charge in [-0.2, -0.15) is 0 Å². The highest BCUT2D eigenvalue weighted by molar-refractivity contribution is 5.88. The number of aryl methyl sites for hydroxylation is 1. The molecule has 6 heteroatoms. The van der Waals surface area contributed by atoms with Crippen LogP contribution in [0.5, 0.6) is 0 Å². The SMILES string of the molecule is Cn1nc(-c2ccc(C(=O)O)cc2)oc1=NC1CCCCC1. The Kier molecular flexibility index (Phi) is 4.09. The number of nitrogens with zero attached hydrogens (tertiary/aromatic N) is 3. The van der Waals surface area contributed by atoms with Crippen molar-refractivity contribution in [3.05, 3.63) is 35.5 Å². The molecule has 2 aromatic rings. The Balaban J connectivity index is 1.88. The molecule has 1 N–H and O–H groups in total. The number of hydrogen-bond donors (Lipinski definition) is 1. The number of hydrogen-bond acceptors (Lipinski definition) is 4. The minimum absolute atomic E-state index is 0.242. The molecule has 1 fully saturated rings. The van der Waals surface area contributed by atoms with Crippen molar-refractivity contribution in [1.29, 1.82) is 0 Å². The van der Waals surface area contributed by atoms with Gasteiger partial charge in [-0.15, -0.1) is 5.10 Å². The summed E-state index contributed by atoms with van der Waals surface area (Å²) in [5, 5.41) is 13.2.